The Balaban J connectivity index is 1.49. The molecule has 3 aliphatic heterocycles. The number of halogens is 12. The molecule has 282 valence electrons. The Labute approximate surface area is 304 Å². The highest BCUT2D eigenvalue weighted by atomic mass is 19.4. The van der Waals surface area contributed by atoms with Crippen LogP contribution >= 0.6 is 0 Å². The monoisotopic (exact) mass is 798 g/mol. The predicted molar refractivity (Wildman–Crippen MR) is 159 cm³/mol. The minimum Gasteiger partial charge on any atom is -0.226 e. The molecule has 0 bridgehead atoms. The van der Waals surface area contributed by atoms with Crippen LogP contribution < -0.4 is 32.1 Å². The Morgan fingerprint density at radius 2 is 0.596 bits per heavy atom. The van der Waals surface area contributed by atoms with E-state index in [0.717, 1.165) is 0 Å². The SMILES string of the molecule is N#CC(=C1N=c2cc(F)c(C(F)(F)F)cc2=N1)c1nc(C(C#N)=C2N=c3cc(F)c(C(F)(F)F)cc3=N2)nc(C(C#N)=C2N=c3cc(F)c(C(F)(F)F)cc3=N2)n1. The number of aromatic nitrogens is 3. The zero-order valence-electron chi connectivity index (χ0n) is 26.9. The zero-order chi connectivity index (χ0) is 41.4. The van der Waals surface area contributed by atoms with E-state index in [-0.39, 0.29) is 0 Å². The summed E-state index contributed by atoms with van der Waals surface area (Å²) in [5.41, 5.74) is -7.68. The summed E-state index contributed by atoms with van der Waals surface area (Å²) in [6.45, 7) is 0. The van der Waals surface area contributed by atoms with Gasteiger partial charge in [-0.25, -0.2) is 58.1 Å². The van der Waals surface area contributed by atoms with E-state index in [4.69, 9.17) is 0 Å². The smallest absolute Gasteiger partial charge is 0.226 e. The van der Waals surface area contributed by atoms with Gasteiger partial charge in [-0.3, -0.25) is 0 Å². The number of rotatable bonds is 3. The third kappa shape index (κ3) is 6.71. The van der Waals surface area contributed by atoms with Crippen LogP contribution in [0.3, 0.4) is 0 Å². The van der Waals surface area contributed by atoms with Crippen molar-refractivity contribution in [2.45, 2.75) is 18.5 Å². The Hall–Kier alpha value is -7.68. The first-order valence-corrected chi connectivity index (χ1v) is 14.9. The maximum Gasteiger partial charge on any atom is 0.419 e. The van der Waals surface area contributed by atoms with Crippen LogP contribution in [0.4, 0.5) is 52.7 Å². The van der Waals surface area contributed by atoms with Gasteiger partial charge in [-0.05, 0) is 18.2 Å². The van der Waals surface area contributed by atoms with E-state index in [2.05, 4.69) is 44.9 Å². The molecule has 0 amide bonds. The molecule has 0 saturated carbocycles. The fourth-order valence-electron chi connectivity index (χ4n) is 5.25. The van der Waals surface area contributed by atoms with Gasteiger partial charge in [0, 0.05) is 18.2 Å². The summed E-state index contributed by atoms with van der Waals surface area (Å²) in [7, 11) is 0. The molecule has 12 nitrogen and oxygen atoms in total. The van der Waals surface area contributed by atoms with Crippen molar-refractivity contribution >= 4 is 16.7 Å². The van der Waals surface area contributed by atoms with Gasteiger partial charge in [0.1, 0.15) is 52.4 Å². The Morgan fingerprint density at radius 1 is 0.386 bits per heavy atom. The summed E-state index contributed by atoms with van der Waals surface area (Å²) in [6, 6.07) is 6.71. The lowest BCUT2D eigenvalue weighted by Gasteiger charge is -2.07. The maximum atomic E-state index is 14.3. The Bertz CT molecular complexity index is 2810. The summed E-state index contributed by atoms with van der Waals surface area (Å²) in [5, 5.41) is 27.3. The van der Waals surface area contributed by atoms with E-state index in [1.807, 2.05) is 0 Å². The molecule has 0 spiro atoms. The number of benzene rings is 3. The number of allylic oxidation sites excluding steroid dienone is 3. The molecule has 4 heterocycles. The van der Waals surface area contributed by atoms with Crippen LogP contribution in [0.15, 0.2) is 83.8 Å². The number of hydrogen-bond acceptors (Lipinski definition) is 12. The zero-order valence-corrected chi connectivity index (χ0v) is 26.9. The molecule has 4 aromatic rings. The van der Waals surface area contributed by atoms with E-state index in [1.54, 1.807) is 18.2 Å². The molecule has 7 rings (SSSR count). The van der Waals surface area contributed by atoms with E-state index in [0.29, 0.717) is 36.4 Å². The summed E-state index contributed by atoms with van der Waals surface area (Å²) in [5.74, 6) is -10.1. The largest absolute Gasteiger partial charge is 0.419 e. The number of hydrogen-bond donors (Lipinski definition) is 0. The highest BCUT2D eigenvalue weighted by molar-refractivity contribution is 5.82. The van der Waals surface area contributed by atoms with Gasteiger partial charge in [-0.2, -0.15) is 55.3 Å². The average Bonchev–Trinajstić information content (AvgIpc) is 3.83. The van der Waals surface area contributed by atoms with Crippen molar-refractivity contribution < 1.29 is 52.7 Å². The number of fused-ring (bicyclic) bond motifs is 3. The standard InChI is InChI=1S/C33H6F12N12/c34-16-4-22-19(1-13(16)31(37,38)39)49-25(52-22)10(7-46)28-55-29(11(8-47)26-50-20-2-14(32(40,41)42)17(35)5-23(20)53-26)57-30(56-28)12(9-48)27-51-21-3-15(33(43,44)45)18(36)6-24(21)54-27/h1-6H. The van der Waals surface area contributed by atoms with Gasteiger partial charge >= 0.3 is 18.5 Å². The fourth-order valence-corrected chi connectivity index (χ4v) is 5.25. The van der Waals surface area contributed by atoms with Crippen LogP contribution in [0, 0.1) is 51.4 Å². The van der Waals surface area contributed by atoms with E-state index < -0.39 is 136 Å². The molecule has 0 saturated heterocycles. The molecule has 0 aliphatic carbocycles. The first kappa shape index (κ1) is 37.6. The highest BCUT2D eigenvalue weighted by Gasteiger charge is 2.37. The minimum atomic E-state index is -5.17. The Morgan fingerprint density at radius 3 is 0.789 bits per heavy atom. The van der Waals surface area contributed by atoms with Gasteiger partial charge in [0.2, 0.25) is 0 Å². The first-order chi connectivity index (χ1) is 26.7. The molecule has 3 aromatic carbocycles. The molecule has 0 N–H and O–H groups in total. The third-order valence-electron chi connectivity index (χ3n) is 7.78. The lowest BCUT2D eigenvalue weighted by atomic mass is 10.2. The van der Waals surface area contributed by atoms with Gasteiger partial charge in [0.05, 0.1) is 48.8 Å². The van der Waals surface area contributed by atoms with Crippen molar-refractivity contribution in [2.75, 3.05) is 0 Å². The number of alkyl halides is 9. The van der Waals surface area contributed by atoms with Gasteiger partial charge in [-0.15, -0.1) is 0 Å². The molecule has 0 fully saturated rings. The highest BCUT2D eigenvalue weighted by Crippen LogP contribution is 2.33. The maximum absolute atomic E-state index is 14.3. The molecular formula is C33H6F12N12. The number of nitriles is 3. The van der Waals surface area contributed by atoms with Crippen LogP contribution in [0.2, 0.25) is 0 Å². The van der Waals surface area contributed by atoms with Crippen molar-refractivity contribution in [2.24, 2.45) is 30.0 Å². The normalized spacial score (nSPS) is 13.9. The molecule has 0 radical (unpaired) electrons. The topological polar surface area (TPSA) is 184 Å². The molecular weight excluding hydrogens is 792 g/mol. The van der Waals surface area contributed by atoms with Crippen molar-refractivity contribution in [3.05, 3.63) is 138 Å². The lowest BCUT2D eigenvalue weighted by Crippen LogP contribution is -2.26. The van der Waals surface area contributed by atoms with Crippen LogP contribution in [0.1, 0.15) is 34.2 Å². The van der Waals surface area contributed by atoms with Crippen LogP contribution in [0.5, 0.6) is 0 Å². The van der Waals surface area contributed by atoms with Crippen LogP contribution in [-0.4, -0.2) is 15.0 Å². The molecule has 0 unspecified atom stereocenters. The van der Waals surface area contributed by atoms with Crippen molar-refractivity contribution in [1.82, 2.24) is 15.0 Å². The quantitative estimate of drug-likeness (QED) is 0.224. The van der Waals surface area contributed by atoms with E-state index in [1.165, 1.54) is 0 Å². The van der Waals surface area contributed by atoms with E-state index in [9.17, 15) is 68.5 Å². The summed E-state index contributed by atoms with van der Waals surface area (Å²) < 4.78 is 164. The van der Waals surface area contributed by atoms with Gasteiger partial charge in [0.25, 0.3) is 0 Å². The second-order valence-corrected chi connectivity index (χ2v) is 11.4. The summed E-state index contributed by atoms with van der Waals surface area (Å²) >= 11 is 0. The minimum absolute atomic E-state index is 0.290. The van der Waals surface area contributed by atoms with Crippen molar-refractivity contribution in [1.29, 1.82) is 15.8 Å². The third-order valence-corrected chi connectivity index (χ3v) is 7.78. The predicted octanol–water partition coefficient (Wildman–Crippen LogP) is 3.78. The number of nitrogens with zero attached hydrogens (tertiary/aromatic N) is 12. The van der Waals surface area contributed by atoms with Gasteiger partial charge in [-0.1, -0.05) is 0 Å². The second-order valence-electron chi connectivity index (χ2n) is 11.4. The van der Waals surface area contributed by atoms with E-state index >= 15 is 0 Å². The van der Waals surface area contributed by atoms with Gasteiger partial charge < -0.3 is 0 Å². The van der Waals surface area contributed by atoms with Crippen molar-refractivity contribution in [3.63, 3.8) is 0 Å². The van der Waals surface area contributed by atoms with Crippen molar-refractivity contribution in [3.8, 4) is 18.2 Å². The summed E-state index contributed by atoms with van der Waals surface area (Å²) in [4.78, 5) is 35.0. The average molecular weight is 798 g/mol. The Kier molecular flexibility index (Phi) is 8.56. The van der Waals surface area contributed by atoms with Crippen LogP contribution in [0.25, 0.3) is 16.7 Å². The van der Waals surface area contributed by atoms with Crippen LogP contribution in [-0.2, 0) is 18.5 Å². The molecule has 1 aromatic heterocycles. The van der Waals surface area contributed by atoms with Gasteiger partial charge in [0.15, 0.2) is 34.9 Å². The first-order valence-electron chi connectivity index (χ1n) is 14.9. The summed E-state index contributed by atoms with van der Waals surface area (Å²) in [6.07, 6.45) is -15.5. The molecule has 0 atom stereocenters. The molecule has 3 aliphatic rings. The molecule has 24 heteroatoms. The second kappa shape index (κ2) is 13.0. The fraction of sp³-hybridized carbons (Fsp3) is 0.0909. The lowest BCUT2D eigenvalue weighted by molar-refractivity contribution is -0.140. The molecule has 57 heavy (non-hydrogen) atoms.